The van der Waals surface area contributed by atoms with Crippen LogP contribution in [0.5, 0.6) is 5.75 Å². The van der Waals surface area contributed by atoms with Crippen LogP contribution in [0.3, 0.4) is 0 Å². The van der Waals surface area contributed by atoms with Crippen LogP contribution in [0.1, 0.15) is 38.2 Å². The molecule has 1 N–H and O–H groups in total. The van der Waals surface area contributed by atoms with Crippen LogP contribution >= 0.6 is 0 Å². The normalized spacial score (nSPS) is 23.1. The number of ether oxygens (including phenoxy) is 2. The lowest BCUT2D eigenvalue weighted by Gasteiger charge is -2.51. The van der Waals surface area contributed by atoms with Crippen molar-refractivity contribution in [2.24, 2.45) is 5.92 Å². The number of hydrogen-bond acceptors (Lipinski definition) is 5. The molecule has 7 nitrogen and oxygen atoms in total. The summed E-state index contributed by atoms with van der Waals surface area (Å²) >= 11 is 0. The molecule has 0 aromatic heterocycles. The van der Waals surface area contributed by atoms with E-state index in [2.05, 4.69) is 28.9 Å². The number of carboxylic acids is 1. The summed E-state index contributed by atoms with van der Waals surface area (Å²) in [6.45, 7) is 6.37. The molecule has 1 aliphatic carbocycles. The predicted molar refractivity (Wildman–Crippen MR) is 114 cm³/mol. The molecule has 1 aromatic rings. The van der Waals surface area contributed by atoms with Gasteiger partial charge in [-0.05, 0) is 56.2 Å². The monoisotopic (exact) mass is 472 g/mol. The first-order valence-electron chi connectivity index (χ1n) is 11.1. The van der Waals surface area contributed by atoms with Gasteiger partial charge in [-0.25, -0.2) is 4.79 Å². The third-order valence-corrected chi connectivity index (χ3v) is 6.69. The van der Waals surface area contributed by atoms with Crippen molar-refractivity contribution in [1.29, 1.82) is 0 Å². The molecule has 10 heteroatoms. The summed E-state index contributed by atoms with van der Waals surface area (Å²) in [5, 5.41) is 7.12. The quantitative estimate of drug-likeness (QED) is 0.709. The van der Waals surface area contributed by atoms with E-state index in [0.29, 0.717) is 0 Å². The van der Waals surface area contributed by atoms with Crippen LogP contribution in [-0.2, 0) is 20.9 Å². The lowest BCUT2D eigenvalue weighted by atomic mass is 9.82. The standard InChI is InChI=1S/C21H30N2O3.C2HF3O2/c1-16-21(26-15-20(24)23(16)14-18-3-4-18)9-11-22(12-10-21)13-17-5-7-19(25-2)8-6-17;3-2(4,5)1(6)7/h5-8,16,18H,3-4,9-15H2,1-2H3;(H,6,7). The Morgan fingerprint density at radius 1 is 1.21 bits per heavy atom. The minimum absolute atomic E-state index is 0.154. The van der Waals surface area contributed by atoms with Gasteiger partial charge in [0.1, 0.15) is 12.4 Å². The molecule has 184 valence electrons. The maximum absolute atomic E-state index is 12.3. The van der Waals surface area contributed by atoms with Crippen LogP contribution in [0.4, 0.5) is 13.2 Å². The molecule has 0 radical (unpaired) electrons. The average Bonchev–Trinajstić information content (AvgIpc) is 3.60. The number of hydrogen-bond donors (Lipinski definition) is 1. The number of morpholine rings is 1. The molecule has 1 amide bonds. The number of nitrogens with zero attached hydrogens (tertiary/aromatic N) is 2. The second-order valence-corrected chi connectivity index (χ2v) is 8.95. The Hall–Kier alpha value is -2.33. The van der Waals surface area contributed by atoms with Crippen molar-refractivity contribution in [2.45, 2.75) is 57.0 Å². The number of amides is 1. The van der Waals surface area contributed by atoms with Gasteiger partial charge in [0.15, 0.2) is 0 Å². The second-order valence-electron chi connectivity index (χ2n) is 8.95. The molecule has 1 atom stereocenters. The Balaban J connectivity index is 0.000000383. The summed E-state index contributed by atoms with van der Waals surface area (Å²) in [6, 6.07) is 8.51. The van der Waals surface area contributed by atoms with Gasteiger partial charge in [-0.15, -0.1) is 0 Å². The predicted octanol–water partition coefficient (Wildman–Crippen LogP) is 3.32. The van der Waals surface area contributed by atoms with Crippen molar-refractivity contribution in [2.75, 3.05) is 33.4 Å². The smallest absolute Gasteiger partial charge is 0.490 e. The van der Waals surface area contributed by atoms with Crippen LogP contribution < -0.4 is 4.74 Å². The first-order valence-corrected chi connectivity index (χ1v) is 11.1. The molecule has 33 heavy (non-hydrogen) atoms. The summed E-state index contributed by atoms with van der Waals surface area (Å²) in [5.74, 6) is -0.953. The Kier molecular flexibility index (Phi) is 7.89. The summed E-state index contributed by atoms with van der Waals surface area (Å²) in [4.78, 5) is 25.8. The number of likely N-dealkylation sites (tertiary alicyclic amines) is 1. The molecule has 2 aliphatic heterocycles. The van der Waals surface area contributed by atoms with Gasteiger partial charge in [0.2, 0.25) is 5.91 Å². The van der Waals surface area contributed by atoms with Crippen LogP contribution in [-0.4, -0.2) is 78.0 Å². The van der Waals surface area contributed by atoms with Gasteiger partial charge in [0, 0.05) is 26.2 Å². The SMILES string of the molecule is COc1ccc(CN2CCC3(CC2)OCC(=O)N(CC2CC2)C3C)cc1.O=C(O)C(F)(F)F. The maximum atomic E-state index is 12.3. The van der Waals surface area contributed by atoms with Gasteiger partial charge in [-0.3, -0.25) is 9.69 Å². The Morgan fingerprint density at radius 3 is 2.27 bits per heavy atom. The van der Waals surface area contributed by atoms with Gasteiger partial charge < -0.3 is 19.5 Å². The number of alkyl halides is 3. The zero-order chi connectivity index (χ0) is 24.2. The zero-order valence-electron chi connectivity index (χ0n) is 18.9. The van der Waals surface area contributed by atoms with E-state index >= 15 is 0 Å². The Labute approximate surface area is 191 Å². The summed E-state index contributed by atoms with van der Waals surface area (Å²) < 4.78 is 43.1. The minimum atomic E-state index is -5.08. The fraction of sp³-hybridized carbons (Fsp3) is 0.652. The topological polar surface area (TPSA) is 79.3 Å². The van der Waals surface area contributed by atoms with Crippen molar-refractivity contribution >= 4 is 11.9 Å². The van der Waals surface area contributed by atoms with Crippen LogP contribution in [0.2, 0.25) is 0 Å². The first-order chi connectivity index (χ1) is 15.5. The van der Waals surface area contributed by atoms with Crippen LogP contribution in [0.25, 0.3) is 0 Å². The highest BCUT2D eigenvalue weighted by Crippen LogP contribution is 2.38. The van der Waals surface area contributed by atoms with E-state index in [-0.39, 0.29) is 24.2 Å². The molecule has 1 saturated carbocycles. The molecule has 1 unspecified atom stereocenters. The number of benzene rings is 1. The molecule has 3 aliphatic rings. The average molecular weight is 473 g/mol. The fourth-order valence-electron chi connectivity index (χ4n) is 4.39. The third kappa shape index (κ3) is 6.60. The van der Waals surface area contributed by atoms with E-state index in [4.69, 9.17) is 19.4 Å². The number of carbonyl (C=O) groups excluding carboxylic acids is 1. The van der Waals surface area contributed by atoms with E-state index in [9.17, 15) is 18.0 Å². The number of piperidine rings is 1. The van der Waals surface area contributed by atoms with Gasteiger partial charge in [-0.1, -0.05) is 12.1 Å². The molecule has 0 bridgehead atoms. The lowest BCUT2D eigenvalue weighted by molar-refractivity contribution is -0.192. The summed E-state index contributed by atoms with van der Waals surface area (Å²) in [7, 11) is 1.70. The number of rotatable bonds is 5. The van der Waals surface area contributed by atoms with Gasteiger partial charge in [-0.2, -0.15) is 13.2 Å². The summed E-state index contributed by atoms with van der Waals surface area (Å²) in [6.07, 6.45) is -0.530. The Bertz CT molecular complexity index is 818. The van der Waals surface area contributed by atoms with Crippen molar-refractivity contribution in [3.05, 3.63) is 29.8 Å². The molecule has 3 fully saturated rings. The zero-order valence-corrected chi connectivity index (χ0v) is 18.9. The van der Waals surface area contributed by atoms with Gasteiger partial charge in [0.05, 0.1) is 18.8 Å². The van der Waals surface area contributed by atoms with E-state index < -0.39 is 12.1 Å². The first kappa shape index (κ1) is 25.3. The largest absolute Gasteiger partial charge is 0.497 e. The van der Waals surface area contributed by atoms with Crippen molar-refractivity contribution in [3.63, 3.8) is 0 Å². The highest BCUT2D eigenvalue weighted by Gasteiger charge is 2.48. The number of carboxylic acid groups (broad SMARTS) is 1. The number of methoxy groups -OCH3 is 1. The van der Waals surface area contributed by atoms with E-state index in [0.717, 1.165) is 50.7 Å². The van der Waals surface area contributed by atoms with Gasteiger partial charge in [0.25, 0.3) is 0 Å². The van der Waals surface area contributed by atoms with E-state index in [1.807, 2.05) is 12.1 Å². The molecular weight excluding hydrogens is 441 g/mol. The Morgan fingerprint density at radius 2 is 1.79 bits per heavy atom. The van der Waals surface area contributed by atoms with Crippen LogP contribution in [0.15, 0.2) is 24.3 Å². The van der Waals surface area contributed by atoms with E-state index in [1.54, 1.807) is 7.11 Å². The second kappa shape index (κ2) is 10.3. The van der Waals surface area contributed by atoms with Crippen molar-refractivity contribution in [3.8, 4) is 5.75 Å². The van der Waals surface area contributed by atoms with Crippen molar-refractivity contribution < 1.29 is 37.3 Å². The molecule has 1 aromatic carbocycles. The number of aliphatic carboxylic acids is 1. The minimum Gasteiger partial charge on any atom is -0.497 e. The summed E-state index contributed by atoms with van der Waals surface area (Å²) in [5.41, 5.74) is 1.16. The highest BCUT2D eigenvalue weighted by atomic mass is 19.4. The third-order valence-electron chi connectivity index (χ3n) is 6.69. The maximum Gasteiger partial charge on any atom is 0.490 e. The van der Waals surface area contributed by atoms with E-state index in [1.165, 1.54) is 18.4 Å². The molecule has 2 heterocycles. The van der Waals surface area contributed by atoms with Gasteiger partial charge >= 0.3 is 12.1 Å². The van der Waals surface area contributed by atoms with Crippen LogP contribution in [0, 0.1) is 5.92 Å². The molecular formula is C23H31F3N2O5. The molecule has 4 rings (SSSR count). The number of halogens is 3. The lowest BCUT2D eigenvalue weighted by Crippen LogP contribution is -2.64. The molecule has 2 saturated heterocycles. The number of carbonyl (C=O) groups is 2. The van der Waals surface area contributed by atoms with Crippen molar-refractivity contribution in [1.82, 2.24) is 9.80 Å². The highest BCUT2D eigenvalue weighted by molar-refractivity contribution is 5.79. The molecule has 1 spiro atoms. The fourth-order valence-corrected chi connectivity index (χ4v) is 4.39.